The average Bonchev–Trinajstić information content (AvgIpc) is 3.11. The number of imidazole rings is 1. The van der Waals surface area contributed by atoms with Crippen LogP contribution >= 0.6 is 0 Å². The second kappa shape index (κ2) is 5.22. The zero-order valence-corrected chi connectivity index (χ0v) is 11.8. The number of rotatable bonds is 4. The van der Waals surface area contributed by atoms with Crippen LogP contribution in [0.1, 0.15) is 0 Å². The summed E-state index contributed by atoms with van der Waals surface area (Å²) in [7, 11) is 5.19. The molecule has 2 aromatic heterocycles. The predicted octanol–water partition coefficient (Wildman–Crippen LogP) is 0.245. The first-order valence-corrected chi connectivity index (χ1v) is 6.46. The Kier molecular flexibility index (Phi) is 3.41. The smallest absolute Gasteiger partial charge is 0.226 e. The summed E-state index contributed by atoms with van der Waals surface area (Å²) in [6, 6.07) is 0. The highest BCUT2D eigenvalue weighted by molar-refractivity contribution is 5.84. The van der Waals surface area contributed by atoms with Gasteiger partial charge in [-0.1, -0.05) is 0 Å². The Morgan fingerprint density at radius 3 is 2.55 bits per heavy atom. The zero-order chi connectivity index (χ0) is 14.1. The summed E-state index contributed by atoms with van der Waals surface area (Å²) in [5, 5.41) is 2.96. The van der Waals surface area contributed by atoms with Crippen molar-refractivity contribution in [3.05, 3.63) is 6.33 Å². The number of nitrogens with one attached hydrogen (secondary N) is 2. The van der Waals surface area contributed by atoms with Crippen LogP contribution in [0.4, 0.5) is 11.8 Å². The Morgan fingerprint density at radius 1 is 1.25 bits per heavy atom. The molecule has 0 radical (unpaired) electrons. The molecule has 1 aliphatic heterocycles. The lowest BCUT2D eigenvalue weighted by atomic mass is 10.3. The number of aromatic amines is 1. The van der Waals surface area contributed by atoms with E-state index >= 15 is 0 Å². The van der Waals surface area contributed by atoms with E-state index in [0.717, 1.165) is 24.4 Å². The molecule has 2 N–H and O–H groups in total. The van der Waals surface area contributed by atoms with Crippen LogP contribution in [0.5, 0.6) is 0 Å². The first-order valence-electron chi connectivity index (χ1n) is 6.46. The molecule has 1 fully saturated rings. The second-order valence-electron chi connectivity index (χ2n) is 4.68. The van der Waals surface area contributed by atoms with Crippen LogP contribution in [-0.2, 0) is 9.47 Å². The van der Waals surface area contributed by atoms with Crippen LogP contribution in [0, 0.1) is 0 Å². The van der Waals surface area contributed by atoms with E-state index in [2.05, 4.69) is 30.2 Å². The highest BCUT2D eigenvalue weighted by Crippen LogP contribution is 2.27. The minimum Gasteiger partial charge on any atom is -0.377 e. The van der Waals surface area contributed by atoms with Crippen LogP contribution in [0.2, 0.25) is 0 Å². The van der Waals surface area contributed by atoms with Crippen molar-refractivity contribution in [3.63, 3.8) is 0 Å². The van der Waals surface area contributed by atoms with Gasteiger partial charge in [-0.05, 0) is 0 Å². The first kappa shape index (κ1) is 13.1. The van der Waals surface area contributed by atoms with Gasteiger partial charge in [0.15, 0.2) is 11.5 Å². The van der Waals surface area contributed by atoms with Crippen LogP contribution in [0.15, 0.2) is 6.33 Å². The number of hydrogen-bond donors (Lipinski definition) is 2. The third-order valence-electron chi connectivity index (χ3n) is 3.61. The van der Waals surface area contributed by atoms with Crippen molar-refractivity contribution < 1.29 is 9.47 Å². The standard InChI is InChI=1S/C12H18N6O2/c1-13-12-16-10-9(14-6-15-10)11(17-12)18-4-7(19-2)8(5-18)20-3/h6-8H,4-5H2,1-3H3,(H2,13,14,15,16,17). The van der Waals surface area contributed by atoms with Gasteiger partial charge in [0.05, 0.1) is 6.33 Å². The number of fused-ring (bicyclic) bond motifs is 1. The van der Waals surface area contributed by atoms with Gasteiger partial charge >= 0.3 is 0 Å². The fraction of sp³-hybridized carbons (Fsp3) is 0.583. The maximum atomic E-state index is 5.46. The molecule has 20 heavy (non-hydrogen) atoms. The number of methoxy groups -OCH3 is 2. The topological polar surface area (TPSA) is 88.2 Å². The Balaban J connectivity index is 1.99. The van der Waals surface area contributed by atoms with E-state index in [1.807, 2.05) is 0 Å². The maximum absolute atomic E-state index is 5.46. The summed E-state index contributed by atoms with van der Waals surface area (Å²) in [5.41, 5.74) is 1.48. The quantitative estimate of drug-likeness (QED) is 0.828. The molecule has 8 heteroatoms. The van der Waals surface area contributed by atoms with Gasteiger partial charge in [0, 0.05) is 34.4 Å². The molecule has 3 heterocycles. The third kappa shape index (κ3) is 2.06. The molecule has 8 nitrogen and oxygen atoms in total. The summed E-state index contributed by atoms with van der Waals surface area (Å²) in [5.74, 6) is 1.37. The molecule has 2 atom stereocenters. The maximum Gasteiger partial charge on any atom is 0.226 e. The molecule has 0 amide bonds. The second-order valence-corrected chi connectivity index (χ2v) is 4.68. The molecule has 0 aliphatic carbocycles. The molecule has 2 aromatic rings. The summed E-state index contributed by atoms with van der Waals surface area (Å²) >= 11 is 0. The fourth-order valence-electron chi connectivity index (χ4n) is 2.53. The Labute approximate surface area is 116 Å². The van der Waals surface area contributed by atoms with Gasteiger partial charge in [0.25, 0.3) is 0 Å². The summed E-state index contributed by atoms with van der Waals surface area (Å²) in [6.07, 6.45) is 1.69. The molecule has 1 saturated heterocycles. The Bertz CT molecular complexity index is 589. The molecule has 108 valence electrons. The van der Waals surface area contributed by atoms with Crippen molar-refractivity contribution >= 4 is 22.9 Å². The van der Waals surface area contributed by atoms with Crippen molar-refractivity contribution in [2.45, 2.75) is 12.2 Å². The first-order chi connectivity index (χ1) is 9.76. The molecule has 1 aliphatic rings. The third-order valence-corrected chi connectivity index (χ3v) is 3.61. The van der Waals surface area contributed by atoms with Crippen molar-refractivity contribution in [3.8, 4) is 0 Å². The lowest BCUT2D eigenvalue weighted by Crippen LogP contribution is -2.27. The van der Waals surface area contributed by atoms with Gasteiger partial charge in [-0.15, -0.1) is 0 Å². The zero-order valence-electron chi connectivity index (χ0n) is 11.8. The Morgan fingerprint density at radius 2 is 1.95 bits per heavy atom. The lowest BCUT2D eigenvalue weighted by molar-refractivity contribution is -0.00461. The highest BCUT2D eigenvalue weighted by Gasteiger charge is 2.34. The molecule has 0 bridgehead atoms. The minimum atomic E-state index is 0.0333. The van der Waals surface area contributed by atoms with E-state index < -0.39 is 0 Å². The Hall–Kier alpha value is -1.93. The van der Waals surface area contributed by atoms with Crippen molar-refractivity contribution in [2.24, 2.45) is 0 Å². The van der Waals surface area contributed by atoms with Gasteiger partial charge in [-0.3, -0.25) is 0 Å². The number of ether oxygens (including phenoxy) is 2. The summed E-state index contributed by atoms with van der Waals surface area (Å²) in [6.45, 7) is 1.45. The van der Waals surface area contributed by atoms with Crippen LogP contribution in [-0.4, -0.2) is 66.5 Å². The molecule has 2 unspecified atom stereocenters. The van der Waals surface area contributed by atoms with Gasteiger partial charge in [0.1, 0.15) is 17.7 Å². The number of hydrogen-bond acceptors (Lipinski definition) is 7. The van der Waals surface area contributed by atoms with E-state index in [0.29, 0.717) is 11.6 Å². The van der Waals surface area contributed by atoms with E-state index in [4.69, 9.17) is 9.47 Å². The summed E-state index contributed by atoms with van der Waals surface area (Å²) in [4.78, 5) is 18.3. The molecular weight excluding hydrogens is 260 g/mol. The van der Waals surface area contributed by atoms with Crippen LogP contribution in [0.3, 0.4) is 0 Å². The van der Waals surface area contributed by atoms with Crippen molar-refractivity contribution in [1.82, 2.24) is 19.9 Å². The van der Waals surface area contributed by atoms with Crippen LogP contribution < -0.4 is 10.2 Å². The fourth-order valence-corrected chi connectivity index (χ4v) is 2.53. The van der Waals surface area contributed by atoms with E-state index in [9.17, 15) is 0 Å². The molecular formula is C12H18N6O2. The van der Waals surface area contributed by atoms with Crippen molar-refractivity contribution in [2.75, 3.05) is 44.6 Å². The molecule has 0 aromatic carbocycles. The van der Waals surface area contributed by atoms with Crippen LogP contribution in [0.25, 0.3) is 11.2 Å². The van der Waals surface area contributed by atoms with E-state index in [1.165, 1.54) is 0 Å². The number of nitrogens with zero attached hydrogens (tertiary/aromatic N) is 4. The van der Waals surface area contributed by atoms with Crippen molar-refractivity contribution in [1.29, 1.82) is 0 Å². The summed E-state index contributed by atoms with van der Waals surface area (Å²) < 4.78 is 10.9. The average molecular weight is 278 g/mol. The number of anilines is 2. The molecule has 3 rings (SSSR count). The van der Waals surface area contributed by atoms with Gasteiger partial charge in [-0.2, -0.15) is 9.97 Å². The SMILES string of the molecule is CNc1nc(N2CC(OC)C(OC)C2)c2[nH]cnc2n1. The monoisotopic (exact) mass is 278 g/mol. The van der Waals surface area contributed by atoms with Gasteiger partial charge < -0.3 is 24.7 Å². The molecule has 0 spiro atoms. The largest absolute Gasteiger partial charge is 0.377 e. The predicted molar refractivity (Wildman–Crippen MR) is 75.0 cm³/mol. The number of aromatic nitrogens is 4. The lowest BCUT2D eigenvalue weighted by Gasteiger charge is -2.17. The van der Waals surface area contributed by atoms with Gasteiger partial charge in [-0.25, -0.2) is 4.98 Å². The van der Waals surface area contributed by atoms with E-state index in [1.54, 1.807) is 27.6 Å². The minimum absolute atomic E-state index is 0.0333. The normalized spacial score (nSPS) is 22.6. The molecule has 0 saturated carbocycles. The van der Waals surface area contributed by atoms with E-state index in [-0.39, 0.29) is 12.2 Å². The highest BCUT2D eigenvalue weighted by atomic mass is 16.5. The van der Waals surface area contributed by atoms with Gasteiger partial charge in [0.2, 0.25) is 5.95 Å². The number of H-pyrrole nitrogens is 1.